The van der Waals surface area contributed by atoms with Gasteiger partial charge in [-0.2, -0.15) is 0 Å². The van der Waals surface area contributed by atoms with Crippen molar-refractivity contribution in [2.24, 2.45) is 10.8 Å². The van der Waals surface area contributed by atoms with Crippen LogP contribution in [0.1, 0.15) is 120 Å². The maximum absolute atomic E-state index is 15.8. The minimum Gasteiger partial charge on any atom is -0.483 e. The van der Waals surface area contributed by atoms with E-state index in [0.29, 0.717) is 94.3 Å². The molecular formula is C72H96F3N15O8S. The average molecular weight is 1390 g/mol. The Morgan fingerprint density at radius 2 is 1.51 bits per heavy atom. The topological polar surface area (TPSA) is 262 Å². The number of amides is 6. The Morgan fingerprint density at radius 3 is 2.21 bits per heavy atom. The van der Waals surface area contributed by atoms with Gasteiger partial charge in [-0.3, -0.25) is 33.7 Å². The molecule has 5 aromatic rings. The maximum atomic E-state index is 15.8. The smallest absolute Gasteiger partial charge is 0.258 e. The molecule has 2 aromatic heterocycles. The van der Waals surface area contributed by atoms with Crippen molar-refractivity contribution < 1.29 is 51.8 Å². The predicted octanol–water partition coefficient (Wildman–Crippen LogP) is 6.22. The largest absolute Gasteiger partial charge is 0.483 e. The molecule has 5 aliphatic heterocycles. The molecule has 6 fully saturated rings. The van der Waals surface area contributed by atoms with Crippen LogP contribution in [0.3, 0.4) is 0 Å². The van der Waals surface area contributed by atoms with Gasteiger partial charge < -0.3 is 66.2 Å². The molecule has 1 spiro atoms. The van der Waals surface area contributed by atoms with Crippen molar-refractivity contribution in [2.75, 3.05) is 113 Å². The fraction of sp³-hybridized carbons (Fsp3) is 0.569. The number of halogens is 3. The molecule has 0 bridgehead atoms. The Morgan fingerprint density at radius 1 is 0.778 bits per heavy atom. The number of aryl methyl sites for hydroxylation is 1. The summed E-state index contributed by atoms with van der Waals surface area (Å²) in [5.74, 6) is -1.73. The van der Waals surface area contributed by atoms with Crippen LogP contribution in [-0.2, 0) is 54.9 Å². The SMILES string of the molecule is Cc1ncsc1-c1ccc(CNC(=O)[C@@H]2C[C@@H](O)CN2C(=O)[C@@H](NC(=O)C2(F)CC2)C(C)(C)C)c(OCC(=O)NCCCN2CCN(CCC(=O)NCc3cccc(CNc4cc(N5CCC6(CC5)CN(c5cc(F)c(CN7CCC(C)(C)CC7)cc5F)CC(=O)N6)ncn4)c3)CC2)c1. The third kappa shape index (κ3) is 18.9. The minimum atomic E-state index is -2.00. The number of β-amino-alcohol motifs (C(OH)–C–C–N with tert-alkyl or cyclic N) is 1. The predicted molar refractivity (Wildman–Crippen MR) is 372 cm³/mol. The van der Waals surface area contributed by atoms with Gasteiger partial charge in [0.2, 0.25) is 23.6 Å². The van der Waals surface area contributed by atoms with Gasteiger partial charge >= 0.3 is 0 Å². The number of thiazole rings is 1. The van der Waals surface area contributed by atoms with E-state index < -0.39 is 64.2 Å². The molecule has 534 valence electrons. The molecule has 7 heterocycles. The molecule has 5 saturated heterocycles. The standard InChI is InChI=1S/C72H96F3N15O8S/c1-47-64(99-46-82-47)50-11-12-51(39-79-66(95)57-34-53(91)41-90(57)67(96)65(69(2,3)4)83-68(97)72(75)14-15-72)58(33-50)98-43-63(94)76-20-8-21-85-27-29-86(30-28-85)22-13-61(92)78-38-49-10-7-9-48(31-49)37-77-59-36-60(81-45-80-59)88-25-18-71(19-26-88)44-89(42-62(93)84-71)56-35-54(73)52(32-55(56)74)40-87-23-16-70(5,6)17-24-87/h7,9-12,31-33,35-36,45-46,53,57,65,91H,8,13-30,34,37-44H2,1-6H3,(H,76,94)(H,78,92)(H,79,95)(H,83,97)(H,84,93)(H,77,80,81)/t53-,57+,65-/m1/s1. The molecule has 1 aliphatic carbocycles. The third-order valence-electron chi connectivity index (χ3n) is 20.3. The third-order valence-corrected chi connectivity index (χ3v) is 21.3. The van der Waals surface area contributed by atoms with Crippen molar-refractivity contribution in [3.63, 3.8) is 0 Å². The quantitative estimate of drug-likeness (QED) is 0.0303. The summed E-state index contributed by atoms with van der Waals surface area (Å²) in [6.07, 6.45) is 4.97. The van der Waals surface area contributed by atoms with E-state index in [0.717, 1.165) is 98.2 Å². The second-order valence-corrected chi connectivity index (χ2v) is 30.4. The van der Waals surface area contributed by atoms with E-state index in [1.54, 1.807) is 43.3 Å². The number of aliphatic hydroxyl groups excluding tert-OH is 1. The van der Waals surface area contributed by atoms with Crippen LogP contribution in [-0.4, -0.2) is 203 Å². The van der Waals surface area contributed by atoms with Crippen molar-refractivity contribution in [1.29, 1.82) is 0 Å². The highest BCUT2D eigenvalue weighted by Gasteiger charge is 2.53. The number of carbonyl (C=O) groups excluding carboxylic acids is 6. The molecule has 6 amide bonds. The van der Waals surface area contributed by atoms with E-state index in [-0.39, 0.29) is 74.3 Å². The Hall–Kier alpha value is -7.98. The van der Waals surface area contributed by atoms with Crippen LogP contribution in [0.4, 0.5) is 30.5 Å². The van der Waals surface area contributed by atoms with E-state index in [9.17, 15) is 38.3 Å². The molecule has 23 nitrogen and oxygen atoms in total. The molecular weight excluding hydrogens is 1290 g/mol. The Bertz CT molecular complexity index is 3710. The summed E-state index contributed by atoms with van der Waals surface area (Å²) >= 11 is 1.46. The fourth-order valence-electron chi connectivity index (χ4n) is 13.8. The first-order chi connectivity index (χ1) is 47.3. The number of likely N-dealkylation sites (tertiary alicyclic amines) is 2. The number of carbonyl (C=O) groups is 6. The van der Waals surface area contributed by atoms with Gasteiger partial charge in [0.25, 0.3) is 11.8 Å². The number of piperazine rings is 2. The lowest BCUT2D eigenvalue weighted by molar-refractivity contribution is -0.145. The number of hydrogen-bond donors (Lipinski definition) is 7. The van der Waals surface area contributed by atoms with E-state index in [1.807, 2.05) is 37.3 Å². The lowest BCUT2D eigenvalue weighted by Crippen LogP contribution is -2.66. The lowest BCUT2D eigenvalue weighted by atomic mass is 9.82. The molecule has 6 aliphatic rings. The van der Waals surface area contributed by atoms with E-state index in [1.165, 1.54) is 34.7 Å². The summed E-state index contributed by atoms with van der Waals surface area (Å²) in [6, 6.07) is 15.8. The van der Waals surface area contributed by atoms with Crippen LogP contribution in [0.15, 0.2) is 72.5 Å². The molecule has 11 rings (SSSR count). The first-order valence-corrected chi connectivity index (χ1v) is 35.7. The van der Waals surface area contributed by atoms with E-state index in [4.69, 9.17) is 4.74 Å². The van der Waals surface area contributed by atoms with Gasteiger partial charge in [0.1, 0.15) is 47.4 Å². The van der Waals surface area contributed by atoms with Crippen LogP contribution in [0.2, 0.25) is 0 Å². The van der Waals surface area contributed by atoms with Crippen LogP contribution < -0.4 is 46.4 Å². The van der Waals surface area contributed by atoms with E-state index >= 15 is 8.78 Å². The number of piperidine rings is 2. The van der Waals surface area contributed by atoms with Gasteiger partial charge in [-0.05, 0) is 111 Å². The molecule has 3 atom stereocenters. The lowest BCUT2D eigenvalue weighted by Gasteiger charge is -2.48. The normalized spacial score (nSPS) is 20.4. The van der Waals surface area contributed by atoms with Gasteiger partial charge in [-0.15, -0.1) is 11.3 Å². The molecule has 0 radical (unpaired) electrons. The molecule has 1 saturated carbocycles. The summed E-state index contributed by atoms with van der Waals surface area (Å²) in [5.41, 5.74) is 3.22. The number of rotatable bonds is 26. The number of benzene rings is 3. The number of nitrogens with one attached hydrogen (secondary N) is 6. The Kier molecular flexibility index (Phi) is 22.8. The zero-order valence-corrected chi connectivity index (χ0v) is 58.6. The Balaban J connectivity index is 0.568. The zero-order chi connectivity index (χ0) is 70.2. The van der Waals surface area contributed by atoms with Gasteiger partial charge in [-0.25, -0.2) is 28.1 Å². The molecule has 99 heavy (non-hydrogen) atoms. The molecule has 7 N–H and O–H groups in total. The minimum absolute atomic E-state index is 0.0208. The van der Waals surface area contributed by atoms with Crippen LogP contribution >= 0.6 is 11.3 Å². The Labute approximate surface area is 581 Å². The number of anilines is 3. The summed E-state index contributed by atoms with van der Waals surface area (Å²) in [7, 11) is 0. The second kappa shape index (κ2) is 31.3. The highest BCUT2D eigenvalue weighted by atomic mass is 32.1. The van der Waals surface area contributed by atoms with Gasteiger partial charge in [0, 0.05) is 128 Å². The van der Waals surface area contributed by atoms with Crippen molar-refractivity contribution in [3.8, 4) is 16.2 Å². The number of hydrogen-bond acceptors (Lipinski definition) is 18. The summed E-state index contributed by atoms with van der Waals surface area (Å²) < 4.78 is 52.3. The highest BCUT2D eigenvalue weighted by molar-refractivity contribution is 7.13. The molecule has 27 heteroatoms. The first-order valence-electron chi connectivity index (χ1n) is 34.8. The van der Waals surface area contributed by atoms with Gasteiger partial charge in [-0.1, -0.05) is 71.0 Å². The number of alkyl halides is 1. The monoisotopic (exact) mass is 1390 g/mol. The van der Waals surface area contributed by atoms with Gasteiger partial charge in [0.15, 0.2) is 12.3 Å². The maximum Gasteiger partial charge on any atom is 0.258 e. The van der Waals surface area contributed by atoms with Gasteiger partial charge in [0.05, 0.1) is 40.0 Å². The van der Waals surface area contributed by atoms with E-state index in [2.05, 4.69) is 86.4 Å². The molecule has 0 unspecified atom stereocenters. The number of aliphatic hydroxyl groups is 1. The van der Waals surface area contributed by atoms with Crippen LogP contribution in [0.25, 0.3) is 10.4 Å². The van der Waals surface area contributed by atoms with Crippen LogP contribution in [0.5, 0.6) is 5.75 Å². The average Bonchev–Trinajstić information content (AvgIpc) is 1.70. The number of ether oxygens (including phenoxy) is 1. The van der Waals surface area contributed by atoms with Crippen molar-refractivity contribution in [2.45, 2.75) is 155 Å². The highest BCUT2D eigenvalue weighted by Crippen LogP contribution is 2.41. The summed E-state index contributed by atoms with van der Waals surface area (Å²) in [5, 5.41) is 28.8. The number of aromatic nitrogens is 3. The van der Waals surface area contributed by atoms with Crippen molar-refractivity contribution >= 4 is 64.1 Å². The van der Waals surface area contributed by atoms with Crippen molar-refractivity contribution in [1.82, 2.24) is 61.1 Å². The zero-order valence-electron chi connectivity index (χ0n) is 57.8. The first kappa shape index (κ1) is 72.3. The fourth-order valence-corrected chi connectivity index (χ4v) is 14.6. The number of nitrogens with zero attached hydrogens (tertiary/aromatic N) is 9. The van der Waals surface area contributed by atoms with Crippen LogP contribution in [0, 0.1) is 29.4 Å². The molecule has 3 aromatic carbocycles. The summed E-state index contributed by atoms with van der Waals surface area (Å²) in [6.45, 7) is 20.7. The summed E-state index contributed by atoms with van der Waals surface area (Å²) in [4.78, 5) is 106. The second-order valence-electron chi connectivity index (χ2n) is 29.6. The van der Waals surface area contributed by atoms with Crippen molar-refractivity contribution in [3.05, 3.63) is 112 Å².